The highest BCUT2D eigenvalue weighted by Gasteiger charge is 2.30. The molecule has 0 spiro atoms. The Morgan fingerprint density at radius 1 is 1.30 bits per heavy atom. The number of hydrogen-bond acceptors (Lipinski definition) is 3. The number of hydrogen-bond donors (Lipinski definition) is 0. The average molecular weight is 279 g/mol. The molecule has 2 atom stereocenters. The Labute approximate surface area is 121 Å². The van der Waals surface area contributed by atoms with Gasteiger partial charge < -0.3 is 4.74 Å². The van der Waals surface area contributed by atoms with Crippen molar-refractivity contribution >= 4 is 11.8 Å². The number of unbranched alkanes of at least 4 members (excludes halogenated alkanes) is 1. The first-order chi connectivity index (χ1) is 9.51. The predicted molar refractivity (Wildman–Crippen MR) is 78.9 cm³/mol. The minimum Gasteiger partial charge on any atom is -0.496 e. The fraction of sp³-hybridized carbons (Fsp3) is 0.625. The SMILES string of the molecule is C=C(OCC(CC)CCCC)C(C)N1C(=O)C=CC1=O. The first-order valence-corrected chi connectivity index (χ1v) is 7.38. The van der Waals surface area contributed by atoms with Crippen LogP contribution >= 0.6 is 0 Å². The molecule has 2 amide bonds. The standard InChI is InChI=1S/C16H25NO3/c1-5-7-8-14(6-2)11-20-13(4)12(3)17-15(18)9-10-16(17)19/h9-10,12,14H,4-8,11H2,1-3H3. The lowest BCUT2D eigenvalue weighted by Gasteiger charge is -2.25. The van der Waals surface area contributed by atoms with E-state index in [2.05, 4.69) is 20.4 Å². The van der Waals surface area contributed by atoms with Crippen LogP contribution < -0.4 is 0 Å². The first kappa shape index (κ1) is 16.5. The molecule has 1 heterocycles. The summed E-state index contributed by atoms with van der Waals surface area (Å²) >= 11 is 0. The van der Waals surface area contributed by atoms with Crippen LogP contribution in [0.4, 0.5) is 0 Å². The van der Waals surface area contributed by atoms with E-state index < -0.39 is 6.04 Å². The Morgan fingerprint density at radius 3 is 2.40 bits per heavy atom. The number of carbonyl (C=O) groups excluding carboxylic acids is 2. The molecule has 1 aliphatic rings. The Hall–Kier alpha value is -1.58. The summed E-state index contributed by atoms with van der Waals surface area (Å²) in [6.45, 7) is 10.5. The van der Waals surface area contributed by atoms with Crippen molar-refractivity contribution in [1.29, 1.82) is 0 Å². The zero-order chi connectivity index (χ0) is 15.1. The molecular formula is C16H25NO3. The molecule has 0 aromatic heterocycles. The molecule has 0 saturated heterocycles. The van der Waals surface area contributed by atoms with Gasteiger partial charge in [-0.05, 0) is 19.3 Å². The van der Waals surface area contributed by atoms with Gasteiger partial charge in [-0.25, -0.2) is 0 Å². The Kier molecular flexibility index (Phi) is 6.49. The molecule has 0 saturated carbocycles. The summed E-state index contributed by atoms with van der Waals surface area (Å²) < 4.78 is 5.69. The van der Waals surface area contributed by atoms with E-state index >= 15 is 0 Å². The van der Waals surface area contributed by atoms with Crippen LogP contribution in [0.2, 0.25) is 0 Å². The largest absolute Gasteiger partial charge is 0.496 e. The summed E-state index contributed by atoms with van der Waals surface area (Å²) in [6.07, 6.45) is 7.13. The maximum absolute atomic E-state index is 11.6. The van der Waals surface area contributed by atoms with Crippen molar-refractivity contribution in [1.82, 2.24) is 4.90 Å². The molecule has 4 nitrogen and oxygen atoms in total. The zero-order valence-corrected chi connectivity index (χ0v) is 12.7. The van der Waals surface area contributed by atoms with E-state index in [1.165, 1.54) is 29.9 Å². The molecular weight excluding hydrogens is 254 g/mol. The lowest BCUT2D eigenvalue weighted by molar-refractivity contribution is -0.139. The van der Waals surface area contributed by atoms with Crippen LogP contribution in [-0.2, 0) is 14.3 Å². The molecule has 112 valence electrons. The topological polar surface area (TPSA) is 46.6 Å². The van der Waals surface area contributed by atoms with E-state index in [0.29, 0.717) is 18.3 Å². The Balaban J connectivity index is 2.45. The number of rotatable bonds is 9. The third kappa shape index (κ3) is 4.22. The zero-order valence-electron chi connectivity index (χ0n) is 12.7. The van der Waals surface area contributed by atoms with Crippen molar-refractivity contribution in [3.8, 4) is 0 Å². The maximum Gasteiger partial charge on any atom is 0.254 e. The third-order valence-electron chi connectivity index (χ3n) is 3.74. The van der Waals surface area contributed by atoms with Gasteiger partial charge in [-0.1, -0.05) is 39.7 Å². The second kappa shape index (κ2) is 7.88. The molecule has 1 rings (SSSR count). The number of imide groups is 1. The maximum atomic E-state index is 11.6. The number of nitrogens with zero attached hydrogens (tertiary/aromatic N) is 1. The molecule has 2 unspecified atom stereocenters. The number of ether oxygens (including phenoxy) is 1. The summed E-state index contributed by atoms with van der Waals surface area (Å²) in [7, 11) is 0. The van der Waals surface area contributed by atoms with E-state index in [1.807, 2.05) is 0 Å². The fourth-order valence-corrected chi connectivity index (χ4v) is 2.18. The minimum absolute atomic E-state index is 0.301. The smallest absolute Gasteiger partial charge is 0.254 e. The van der Waals surface area contributed by atoms with Crippen molar-refractivity contribution in [3.05, 3.63) is 24.5 Å². The Bertz CT molecular complexity index is 383. The molecule has 4 heteroatoms. The van der Waals surface area contributed by atoms with Crippen LogP contribution in [0.3, 0.4) is 0 Å². The fourth-order valence-electron chi connectivity index (χ4n) is 2.18. The molecule has 0 aromatic rings. The molecule has 0 N–H and O–H groups in total. The molecule has 0 bridgehead atoms. The van der Waals surface area contributed by atoms with Crippen molar-refractivity contribution in [2.24, 2.45) is 5.92 Å². The van der Waals surface area contributed by atoms with E-state index in [9.17, 15) is 9.59 Å². The lowest BCUT2D eigenvalue weighted by Crippen LogP contribution is -2.39. The van der Waals surface area contributed by atoms with E-state index in [0.717, 1.165) is 12.8 Å². The second-order valence-corrected chi connectivity index (χ2v) is 5.25. The van der Waals surface area contributed by atoms with Gasteiger partial charge in [0, 0.05) is 12.2 Å². The molecule has 0 fully saturated rings. The van der Waals surface area contributed by atoms with E-state index in [1.54, 1.807) is 6.92 Å². The van der Waals surface area contributed by atoms with Crippen molar-refractivity contribution < 1.29 is 14.3 Å². The Morgan fingerprint density at radius 2 is 1.90 bits per heavy atom. The van der Waals surface area contributed by atoms with Gasteiger partial charge in [-0.3, -0.25) is 14.5 Å². The van der Waals surface area contributed by atoms with Crippen LogP contribution in [0.25, 0.3) is 0 Å². The van der Waals surface area contributed by atoms with Crippen molar-refractivity contribution in [2.45, 2.75) is 52.5 Å². The van der Waals surface area contributed by atoms with Crippen molar-refractivity contribution in [2.75, 3.05) is 6.61 Å². The van der Waals surface area contributed by atoms with Gasteiger partial charge in [0.1, 0.15) is 5.76 Å². The van der Waals surface area contributed by atoms with Crippen LogP contribution in [0.5, 0.6) is 0 Å². The number of amides is 2. The van der Waals surface area contributed by atoms with Gasteiger partial charge in [0.2, 0.25) is 0 Å². The summed E-state index contributed by atoms with van der Waals surface area (Å²) in [6, 6.07) is -0.423. The third-order valence-corrected chi connectivity index (χ3v) is 3.74. The van der Waals surface area contributed by atoms with Gasteiger partial charge >= 0.3 is 0 Å². The van der Waals surface area contributed by atoms with Gasteiger partial charge in [0.25, 0.3) is 11.8 Å². The monoisotopic (exact) mass is 279 g/mol. The minimum atomic E-state index is -0.423. The van der Waals surface area contributed by atoms with E-state index in [4.69, 9.17) is 4.74 Å². The summed E-state index contributed by atoms with van der Waals surface area (Å²) in [4.78, 5) is 24.4. The van der Waals surface area contributed by atoms with Crippen LogP contribution in [-0.4, -0.2) is 29.4 Å². The molecule has 0 aliphatic carbocycles. The quantitative estimate of drug-likeness (QED) is 0.481. The van der Waals surface area contributed by atoms with Crippen LogP contribution in [0.15, 0.2) is 24.5 Å². The summed E-state index contributed by atoms with van der Waals surface area (Å²) in [5.74, 6) is 0.378. The molecule has 0 radical (unpaired) electrons. The molecule has 20 heavy (non-hydrogen) atoms. The average Bonchev–Trinajstić information content (AvgIpc) is 2.77. The van der Waals surface area contributed by atoms with Crippen LogP contribution in [0, 0.1) is 5.92 Å². The highest BCUT2D eigenvalue weighted by atomic mass is 16.5. The van der Waals surface area contributed by atoms with Gasteiger partial charge in [-0.2, -0.15) is 0 Å². The van der Waals surface area contributed by atoms with Gasteiger partial charge in [-0.15, -0.1) is 0 Å². The molecule has 1 aliphatic heterocycles. The normalized spacial score (nSPS) is 17.4. The number of carbonyl (C=O) groups is 2. The van der Waals surface area contributed by atoms with Gasteiger partial charge in [0.15, 0.2) is 0 Å². The van der Waals surface area contributed by atoms with E-state index in [-0.39, 0.29) is 11.8 Å². The highest BCUT2D eigenvalue weighted by Crippen LogP contribution is 2.19. The van der Waals surface area contributed by atoms with Gasteiger partial charge in [0.05, 0.1) is 12.6 Å². The molecule has 0 aromatic carbocycles. The first-order valence-electron chi connectivity index (χ1n) is 7.38. The lowest BCUT2D eigenvalue weighted by atomic mass is 10.0. The summed E-state index contributed by atoms with van der Waals surface area (Å²) in [5.41, 5.74) is 0. The second-order valence-electron chi connectivity index (χ2n) is 5.25. The summed E-state index contributed by atoms with van der Waals surface area (Å²) in [5, 5.41) is 0. The predicted octanol–water partition coefficient (Wildman–Crippen LogP) is 3.05. The highest BCUT2D eigenvalue weighted by molar-refractivity contribution is 6.13. The van der Waals surface area contributed by atoms with Crippen LogP contribution in [0.1, 0.15) is 46.5 Å². The van der Waals surface area contributed by atoms with Crippen molar-refractivity contribution in [3.63, 3.8) is 0 Å².